The summed E-state index contributed by atoms with van der Waals surface area (Å²) in [6.07, 6.45) is 0. The average Bonchev–Trinajstić information content (AvgIpc) is 2.44. The minimum Gasteiger partial charge on any atom is -0.491 e. The Morgan fingerprint density at radius 1 is 1.05 bits per heavy atom. The van der Waals surface area contributed by atoms with Crippen LogP contribution in [0.15, 0.2) is 24.3 Å². The minimum absolute atomic E-state index is 0.239. The van der Waals surface area contributed by atoms with Crippen molar-refractivity contribution in [2.75, 3.05) is 44.3 Å². The highest BCUT2D eigenvalue weighted by atomic mass is 16.5. The molecule has 0 aromatic heterocycles. The van der Waals surface area contributed by atoms with Gasteiger partial charge in [-0.1, -0.05) is 0 Å². The van der Waals surface area contributed by atoms with Gasteiger partial charge in [-0.3, -0.25) is 0 Å². The maximum atomic E-state index is 5.52. The number of hydrogen-bond acceptors (Lipinski definition) is 4. The summed E-state index contributed by atoms with van der Waals surface area (Å²) in [6.45, 7) is 4.69. The van der Waals surface area contributed by atoms with Gasteiger partial charge >= 0.3 is 0 Å². The first kappa shape index (κ1) is 15.3. The second kappa shape index (κ2) is 7.09. The van der Waals surface area contributed by atoms with Crippen LogP contribution in [-0.2, 0) is 4.74 Å². The number of anilines is 1. The van der Waals surface area contributed by atoms with Crippen LogP contribution in [0.25, 0.3) is 0 Å². The van der Waals surface area contributed by atoms with Gasteiger partial charge in [-0.15, -0.1) is 0 Å². The van der Waals surface area contributed by atoms with Crippen LogP contribution in [0.5, 0.6) is 5.75 Å². The molecule has 1 N–H and O–H groups in total. The molecular formula is C13H17B3N2O2. The Kier molecular flexibility index (Phi) is 5.43. The first-order chi connectivity index (χ1) is 9.54. The van der Waals surface area contributed by atoms with E-state index in [0.29, 0.717) is 6.61 Å². The van der Waals surface area contributed by atoms with Gasteiger partial charge < -0.3 is 19.7 Å². The Balaban J connectivity index is 1.76. The van der Waals surface area contributed by atoms with Gasteiger partial charge in [0.05, 0.1) is 30.1 Å². The highest BCUT2D eigenvalue weighted by molar-refractivity contribution is 6.58. The number of hydrogen-bond donors (Lipinski definition) is 1. The summed E-state index contributed by atoms with van der Waals surface area (Å²) in [5.74, 6) is 0.782. The molecule has 0 amide bonds. The molecule has 0 bridgehead atoms. The summed E-state index contributed by atoms with van der Waals surface area (Å²) in [7, 11) is 15.9. The highest BCUT2D eigenvalue weighted by Gasteiger charge is 2.10. The van der Waals surface area contributed by atoms with E-state index < -0.39 is 5.30 Å². The predicted molar refractivity (Wildman–Crippen MR) is 83.0 cm³/mol. The van der Waals surface area contributed by atoms with Crippen LogP contribution in [0.4, 0.5) is 5.69 Å². The van der Waals surface area contributed by atoms with Crippen LogP contribution in [0.1, 0.15) is 0 Å². The Bertz CT molecular complexity index is 403. The van der Waals surface area contributed by atoms with Crippen molar-refractivity contribution in [3.8, 4) is 5.75 Å². The van der Waals surface area contributed by atoms with Gasteiger partial charge in [-0.25, -0.2) is 0 Å². The van der Waals surface area contributed by atoms with E-state index in [1.165, 1.54) is 5.69 Å². The molecule has 20 heavy (non-hydrogen) atoms. The molecule has 1 aromatic rings. The normalized spacial score (nSPS) is 16.1. The number of nitrogens with zero attached hydrogens (tertiary/aromatic N) is 1. The first-order valence-corrected chi connectivity index (χ1v) is 6.74. The zero-order chi connectivity index (χ0) is 14.4. The van der Waals surface area contributed by atoms with E-state index in [9.17, 15) is 0 Å². The fraction of sp³-hybridized carbons (Fsp3) is 0.538. The summed E-state index contributed by atoms with van der Waals surface area (Å²) in [6, 6.07) is 8.00. The molecule has 6 radical (unpaired) electrons. The summed E-state index contributed by atoms with van der Waals surface area (Å²) >= 11 is 0. The summed E-state index contributed by atoms with van der Waals surface area (Å²) < 4.78 is 10.5. The van der Waals surface area contributed by atoms with Gasteiger partial charge in [0.15, 0.2) is 0 Å². The Hall–Kier alpha value is -1.07. The largest absolute Gasteiger partial charge is 0.491 e. The van der Waals surface area contributed by atoms with Crippen molar-refractivity contribution in [3.05, 3.63) is 24.3 Å². The van der Waals surface area contributed by atoms with E-state index in [4.69, 9.17) is 33.0 Å². The van der Waals surface area contributed by atoms with E-state index >= 15 is 0 Å². The van der Waals surface area contributed by atoms with Crippen LogP contribution < -0.4 is 15.0 Å². The SMILES string of the molecule is [B]C([B])([B])OCCOc1ccc(N2CCNCC2)cc1. The molecule has 4 nitrogen and oxygen atoms in total. The van der Waals surface area contributed by atoms with Crippen molar-refractivity contribution in [3.63, 3.8) is 0 Å². The lowest BCUT2D eigenvalue weighted by Crippen LogP contribution is -2.43. The van der Waals surface area contributed by atoms with Crippen molar-refractivity contribution < 1.29 is 9.47 Å². The molecular weight excluding hydrogens is 249 g/mol. The van der Waals surface area contributed by atoms with Crippen molar-refractivity contribution >= 4 is 29.2 Å². The Morgan fingerprint density at radius 2 is 1.70 bits per heavy atom. The Morgan fingerprint density at radius 3 is 2.30 bits per heavy atom. The summed E-state index contributed by atoms with van der Waals surface area (Å²) in [5.41, 5.74) is 1.21. The summed E-state index contributed by atoms with van der Waals surface area (Å²) in [5, 5.41) is 1.73. The molecule has 1 aromatic carbocycles. The maximum Gasteiger partial charge on any atom is 0.119 e. The Labute approximate surface area is 124 Å². The predicted octanol–water partition coefficient (Wildman–Crippen LogP) is -0.392. The van der Waals surface area contributed by atoms with Crippen molar-refractivity contribution in [1.82, 2.24) is 5.32 Å². The van der Waals surface area contributed by atoms with E-state index in [1.807, 2.05) is 12.1 Å². The molecule has 1 aliphatic heterocycles. The second-order valence-corrected chi connectivity index (χ2v) is 4.78. The summed E-state index contributed by atoms with van der Waals surface area (Å²) in [4.78, 5) is 2.34. The van der Waals surface area contributed by atoms with Crippen LogP contribution in [0, 0.1) is 0 Å². The molecule has 0 atom stereocenters. The smallest absolute Gasteiger partial charge is 0.119 e. The molecule has 0 aliphatic carbocycles. The van der Waals surface area contributed by atoms with E-state index in [2.05, 4.69) is 22.3 Å². The van der Waals surface area contributed by atoms with Crippen molar-refractivity contribution in [2.45, 2.75) is 5.30 Å². The number of nitrogens with one attached hydrogen (secondary N) is 1. The van der Waals surface area contributed by atoms with E-state index in [1.54, 1.807) is 0 Å². The lowest BCUT2D eigenvalue weighted by atomic mass is 9.52. The third-order valence-electron chi connectivity index (χ3n) is 3.02. The molecule has 100 valence electrons. The third kappa shape index (κ3) is 5.14. The fourth-order valence-electron chi connectivity index (χ4n) is 2.05. The zero-order valence-electron chi connectivity index (χ0n) is 11.5. The van der Waals surface area contributed by atoms with E-state index in [-0.39, 0.29) is 6.61 Å². The lowest BCUT2D eigenvalue weighted by molar-refractivity contribution is 0.0949. The van der Waals surface area contributed by atoms with E-state index in [0.717, 1.165) is 31.9 Å². The van der Waals surface area contributed by atoms with Gasteiger partial charge in [0.1, 0.15) is 12.4 Å². The standard InChI is InChI=1S/C13H17B3N2O2/c14-13(15,16)20-10-9-19-12-3-1-11(2-4-12)18-7-5-17-6-8-18/h1-4,17H,5-10H2. The average molecular weight is 266 g/mol. The highest BCUT2D eigenvalue weighted by Crippen LogP contribution is 2.19. The topological polar surface area (TPSA) is 33.7 Å². The van der Waals surface area contributed by atoms with Crippen LogP contribution in [0.3, 0.4) is 0 Å². The van der Waals surface area contributed by atoms with Gasteiger partial charge in [0, 0.05) is 31.9 Å². The molecule has 1 heterocycles. The third-order valence-corrected chi connectivity index (χ3v) is 3.02. The molecule has 1 saturated heterocycles. The number of rotatable bonds is 6. The quantitative estimate of drug-likeness (QED) is 0.561. The monoisotopic (exact) mass is 266 g/mol. The first-order valence-electron chi connectivity index (χ1n) is 6.74. The van der Waals surface area contributed by atoms with Gasteiger partial charge in [0.25, 0.3) is 0 Å². The molecule has 0 unspecified atom stereocenters. The zero-order valence-corrected chi connectivity index (χ0v) is 11.5. The van der Waals surface area contributed by atoms with Gasteiger partial charge in [-0.2, -0.15) is 0 Å². The van der Waals surface area contributed by atoms with Gasteiger partial charge in [-0.05, 0) is 29.6 Å². The van der Waals surface area contributed by atoms with Crippen LogP contribution >= 0.6 is 0 Å². The number of ether oxygens (including phenoxy) is 2. The fourth-order valence-corrected chi connectivity index (χ4v) is 2.05. The van der Waals surface area contributed by atoms with Crippen LogP contribution in [0.2, 0.25) is 0 Å². The second-order valence-electron chi connectivity index (χ2n) is 4.78. The molecule has 1 aliphatic rings. The molecule has 2 rings (SSSR count). The molecule has 0 spiro atoms. The molecule has 7 heteroatoms. The van der Waals surface area contributed by atoms with Crippen molar-refractivity contribution in [2.24, 2.45) is 0 Å². The van der Waals surface area contributed by atoms with Crippen LogP contribution in [-0.4, -0.2) is 68.2 Å². The minimum atomic E-state index is -1.60. The maximum absolute atomic E-state index is 5.52. The number of piperazine rings is 1. The molecule has 0 saturated carbocycles. The van der Waals surface area contributed by atoms with Gasteiger partial charge in [0.2, 0.25) is 0 Å². The molecule has 1 fully saturated rings. The van der Waals surface area contributed by atoms with Crippen molar-refractivity contribution in [1.29, 1.82) is 0 Å². The lowest BCUT2D eigenvalue weighted by Gasteiger charge is -2.29. The number of benzene rings is 1.